The average molecular weight is 450 g/mol. The van der Waals surface area contributed by atoms with Crippen LogP contribution in [0.1, 0.15) is 31.2 Å². The summed E-state index contributed by atoms with van der Waals surface area (Å²) in [6.45, 7) is 2.10. The zero-order valence-corrected chi connectivity index (χ0v) is 15.7. The predicted molar refractivity (Wildman–Crippen MR) is 94.2 cm³/mol. The van der Waals surface area contributed by atoms with Crippen LogP contribution < -0.4 is 0 Å². The molecule has 1 aromatic carbocycles. The van der Waals surface area contributed by atoms with E-state index in [1.54, 1.807) is 6.07 Å². The van der Waals surface area contributed by atoms with Gasteiger partial charge in [-0.25, -0.2) is 0 Å². The smallest absolute Gasteiger partial charge is 0.216 e. The summed E-state index contributed by atoms with van der Waals surface area (Å²) in [5.74, 6) is 0.562. The molecule has 2 rings (SSSR count). The van der Waals surface area contributed by atoms with Gasteiger partial charge in [0.05, 0.1) is 10.7 Å². The van der Waals surface area contributed by atoms with Crippen molar-refractivity contribution in [3.05, 3.63) is 31.2 Å². The summed E-state index contributed by atoms with van der Waals surface area (Å²) in [7, 11) is 0. The van der Waals surface area contributed by atoms with Crippen LogP contribution in [0.15, 0.2) is 20.1 Å². The Morgan fingerprint density at radius 3 is 2.82 bits per heavy atom. The zero-order chi connectivity index (χ0) is 16.3. The number of benzene rings is 1. The number of H-pyrrole nitrogens is 1. The predicted octanol–water partition coefficient (Wildman–Crippen LogP) is 4.10. The molecule has 0 atom stereocenters. The molecule has 0 radical (unpaired) electrons. The number of phenols is 2. The molecule has 3 N–H and O–H groups in total. The van der Waals surface area contributed by atoms with E-state index >= 15 is 0 Å². The van der Waals surface area contributed by atoms with E-state index in [1.807, 2.05) is 0 Å². The summed E-state index contributed by atoms with van der Waals surface area (Å²) in [5.41, 5.74) is 0.432. The molecule has 0 unspecified atom stereocenters. The van der Waals surface area contributed by atoms with Gasteiger partial charge in [0.15, 0.2) is 5.82 Å². The van der Waals surface area contributed by atoms with Crippen molar-refractivity contribution in [2.24, 2.45) is 5.10 Å². The molecule has 9 heteroatoms. The van der Waals surface area contributed by atoms with E-state index in [1.165, 1.54) is 10.9 Å². The summed E-state index contributed by atoms with van der Waals surface area (Å²) in [5, 5.41) is 30.9. The van der Waals surface area contributed by atoms with E-state index in [4.69, 9.17) is 12.2 Å². The first kappa shape index (κ1) is 17.2. The highest BCUT2D eigenvalue weighted by molar-refractivity contribution is 9.11. The van der Waals surface area contributed by atoms with Crippen LogP contribution in [0.3, 0.4) is 0 Å². The van der Waals surface area contributed by atoms with Gasteiger partial charge >= 0.3 is 0 Å². The Kier molecular flexibility index (Phi) is 5.76. The van der Waals surface area contributed by atoms with Gasteiger partial charge in [-0.3, -0.25) is 5.10 Å². The van der Waals surface area contributed by atoms with Gasteiger partial charge in [0.2, 0.25) is 4.77 Å². The fourth-order valence-electron chi connectivity index (χ4n) is 1.78. The van der Waals surface area contributed by atoms with Crippen molar-refractivity contribution in [2.75, 3.05) is 0 Å². The Morgan fingerprint density at radius 2 is 2.14 bits per heavy atom. The molecule has 0 amide bonds. The third-order valence-corrected chi connectivity index (χ3v) is 4.60. The summed E-state index contributed by atoms with van der Waals surface area (Å²) in [4.78, 5) is 0. The maximum atomic E-state index is 10.0. The van der Waals surface area contributed by atoms with Crippen LogP contribution in [-0.2, 0) is 6.42 Å². The third kappa shape index (κ3) is 3.58. The van der Waals surface area contributed by atoms with Crippen LogP contribution in [0.25, 0.3) is 0 Å². The molecule has 0 saturated heterocycles. The number of nitrogens with zero attached hydrogens (tertiary/aromatic N) is 3. The van der Waals surface area contributed by atoms with Crippen LogP contribution in [0.5, 0.6) is 11.5 Å². The van der Waals surface area contributed by atoms with Crippen LogP contribution in [-0.4, -0.2) is 31.3 Å². The highest BCUT2D eigenvalue weighted by Crippen LogP contribution is 2.40. The van der Waals surface area contributed by atoms with Crippen LogP contribution in [0.2, 0.25) is 0 Å². The molecule has 2 aromatic rings. The van der Waals surface area contributed by atoms with E-state index in [9.17, 15) is 10.2 Å². The lowest BCUT2D eigenvalue weighted by Gasteiger charge is -2.06. The highest BCUT2D eigenvalue weighted by Gasteiger charge is 2.13. The lowest BCUT2D eigenvalue weighted by molar-refractivity contribution is 0.441. The first-order valence-corrected chi connectivity index (χ1v) is 8.55. The molecule has 0 saturated carbocycles. The number of rotatable bonds is 5. The van der Waals surface area contributed by atoms with Gasteiger partial charge in [0.25, 0.3) is 0 Å². The van der Waals surface area contributed by atoms with Crippen LogP contribution in [0.4, 0.5) is 0 Å². The maximum absolute atomic E-state index is 10.0. The fourth-order valence-corrected chi connectivity index (χ4v) is 3.13. The molecule has 0 fully saturated rings. The molecule has 0 bridgehead atoms. The normalized spacial score (nSPS) is 11.4. The molecule has 118 valence electrons. The topological polar surface area (TPSA) is 86.4 Å². The number of unbranched alkanes of at least 4 members (excludes halogenated alkanes) is 1. The number of aryl methyl sites for hydroxylation is 1. The molecule has 1 aromatic heterocycles. The molecule has 0 aliphatic carbocycles. The largest absolute Gasteiger partial charge is 0.506 e. The number of halogens is 2. The highest BCUT2D eigenvalue weighted by atomic mass is 79.9. The Bertz CT molecular complexity index is 770. The Morgan fingerprint density at radius 1 is 1.41 bits per heavy atom. The van der Waals surface area contributed by atoms with Crippen molar-refractivity contribution in [1.29, 1.82) is 0 Å². The van der Waals surface area contributed by atoms with Gasteiger partial charge in [-0.15, -0.1) is 0 Å². The number of aromatic hydroxyl groups is 2. The van der Waals surface area contributed by atoms with Gasteiger partial charge < -0.3 is 10.2 Å². The summed E-state index contributed by atoms with van der Waals surface area (Å²) in [6.07, 6.45) is 4.25. The molecule has 0 spiro atoms. The first-order valence-electron chi connectivity index (χ1n) is 6.56. The Balaban J connectivity index is 2.38. The summed E-state index contributed by atoms with van der Waals surface area (Å²) in [6, 6.07) is 1.56. The van der Waals surface area contributed by atoms with Crippen LogP contribution >= 0.6 is 44.1 Å². The second kappa shape index (κ2) is 7.38. The van der Waals surface area contributed by atoms with E-state index in [2.05, 4.69) is 54.1 Å². The van der Waals surface area contributed by atoms with E-state index in [-0.39, 0.29) is 16.0 Å². The standard InChI is InChI=1S/C13H14Br2N4O2S/c1-2-3-4-9-17-18-13(22)19(9)16-6-7-5-8(14)12(21)10(15)11(7)20/h5-6,20-21H,2-4H2,1H3,(H,18,22)/b16-6+. The Hall–Kier alpha value is -1.19. The fraction of sp³-hybridized carbons (Fsp3) is 0.308. The maximum Gasteiger partial charge on any atom is 0.216 e. The van der Waals surface area contributed by atoms with Crippen molar-refractivity contribution in [3.63, 3.8) is 0 Å². The van der Waals surface area contributed by atoms with Crippen molar-refractivity contribution >= 4 is 50.3 Å². The SMILES string of the molecule is CCCCc1n[nH]c(=S)n1/N=C/c1cc(Br)c(O)c(Br)c1O. The summed E-state index contributed by atoms with van der Waals surface area (Å²) < 4.78 is 2.56. The molecule has 0 aliphatic rings. The number of hydrogen-bond donors (Lipinski definition) is 3. The molecule has 1 heterocycles. The molecule has 22 heavy (non-hydrogen) atoms. The molecule has 6 nitrogen and oxygen atoms in total. The van der Waals surface area contributed by atoms with E-state index < -0.39 is 0 Å². The monoisotopic (exact) mass is 448 g/mol. The minimum atomic E-state index is -0.102. The number of hydrogen-bond acceptors (Lipinski definition) is 5. The second-order valence-electron chi connectivity index (χ2n) is 4.56. The van der Waals surface area contributed by atoms with E-state index in [0.29, 0.717) is 14.8 Å². The summed E-state index contributed by atoms with van der Waals surface area (Å²) >= 11 is 11.5. The molecular formula is C13H14Br2N4O2S. The number of nitrogens with one attached hydrogen (secondary N) is 1. The zero-order valence-electron chi connectivity index (χ0n) is 11.7. The van der Waals surface area contributed by atoms with Crippen LogP contribution in [0, 0.1) is 4.77 Å². The van der Waals surface area contributed by atoms with Crippen molar-refractivity contribution in [1.82, 2.24) is 14.9 Å². The number of aromatic nitrogens is 3. The lowest BCUT2D eigenvalue weighted by Crippen LogP contribution is -1.99. The minimum absolute atomic E-state index is 0.0711. The molecular weight excluding hydrogens is 436 g/mol. The average Bonchev–Trinajstić information content (AvgIpc) is 2.85. The van der Waals surface area contributed by atoms with Gasteiger partial charge in [-0.2, -0.15) is 14.9 Å². The quantitative estimate of drug-likeness (QED) is 0.473. The van der Waals surface area contributed by atoms with Gasteiger partial charge in [-0.1, -0.05) is 13.3 Å². The lowest BCUT2D eigenvalue weighted by atomic mass is 10.2. The van der Waals surface area contributed by atoms with Crippen molar-refractivity contribution in [2.45, 2.75) is 26.2 Å². The third-order valence-electron chi connectivity index (χ3n) is 2.98. The first-order chi connectivity index (χ1) is 10.5. The minimum Gasteiger partial charge on any atom is -0.506 e. The second-order valence-corrected chi connectivity index (χ2v) is 6.60. The van der Waals surface area contributed by atoms with Crippen molar-refractivity contribution < 1.29 is 10.2 Å². The van der Waals surface area contributed by atoms with E-state index in [0.717, 1.165) is 25.1 Å². The van der Waals surface area contributed by atoms with Gasteiger partial charge in [-0.05, 0) is 56.6 Å². The number of aromatic amines is 1. The van der Waals surface area contributed by atoms with Crippen molar-refractivity contribution in [3.8, 4) is 11.5 Å². The van der Waals surface area contributed by atoms with Gasteiger partial charge in [0, 0.05) is 12.0 Å². The Labute approximate surface area is 149 Å². The molecule has 0 aliphatic heterocycles. The van der Waals surface area contributed by atoms with Gasteiger partial charge in [0.1, 0.15) is 16.0 Å². The number of phenolic OH excluding ortho intramolecular Hbond substituents is 2.